The van der Waals surface area contributed by atoms with Gasteiger partial charge in [0.15, 0.2) is 22.4 Å². The van der Waals surface area contributed by atoms with Gasteiger partial charge in [-0.3, -0.25) is 4.79 Å². The molecule has 1 aromatic rings. The van der Waals surface area contributed by atoms with Crippen LogP contribution in [-0.2, 0) is 0 Å². The van der Waals surface area contributed by atoms with Crippen LogP contribution in [-0.4, -0.2) is 22.6 Å². The molecule has 0 aliphatic carbocycles. The molecule has 1 aromatic heterocycles. The molecule has 0 aromatic carbocycles. The molecule has 1 aliphatic rings. The minimum Gasteiger partial charge on any atom is -0.491 e. The zero-order valence-corrected chi connectivity index (χ0v) is 6.84. The molecule has 2 rings (SSSR count). The van der Waals surface area contributed by atoms with Crippen LogP contribution < -0.4 is 4.74 Å². The lowest BCUT2D eigenvalue weighted by Crippen LogP contribution is -2.17. The van der Waals surface area contributed by atoms with Crippen molar-refractivity contribution in [2.24, 2.45) is 0 Å². The molecule has 4 nitrogen and oxygen atoms in total. The van der Waals surface area contributed by atoms with Gasteiger partial charge >= 0.3 is 0 Å². The number of hydrogen-bond donors (Lipinski definition) is 0. The molecule has 0 spiro atoms. The van der Waals surface area contributed by atoms with E-state index in [1.807, 2.05) is 0 Å². The van der Waals surface area contributed by atoms with Gasteiger partial charge in [-0.05, 0) is 0 Å². The predicted molar refractivity (Wildman–Crippen MR) is 41.5 cm³/mol. The van der Waals surface area contributed by atoms with Crippen LogP contribution in [0, 0.1) is 0 Å². The molecule has 0 atom stereocenters. The van der Waals surface area contributed by atoms with Crippen molar-refractivity contribution in [3.63, 3.8) is 0 Å². The molecule has 0 amide bonds. The highest BCUT2D eigenvalue weighted by Gasteiger charge is 2.20. The summed E-state index contributed by atoms with van der Waals surface area (Å²) in [6, 6.07) is 1.50. The largest absolute Gasteiger partial charge is 0.491 e. The second-order valence-electron chi connectivity index (χ2n) is 2.40. The Morgan fingerprint density at radius 1 is 1.50 bits per heavy atom. The van der Waals surface area contributed by atoms with E-state index in [1.165, 1.54) is 6.07 Å². The van der Waals surface area contributed by atoms with Crippen molar-refractivity contribution in [1.29, 1.82) is 0 Å². The number of aromatic nitrogens is 2. The predicted octanol–water partition coefficient (Wildman–Crippen LogP) is 1.10. The summed E-state index contributed by atoms with van der Waals surface area (Å²) in [5.74, 6) is 0.395. The Bertz CT molecular complexity index is 340. The summed E-state index contributed by atoms with van der Waals surface area (Å²) in [7, 11) is 0. The minimum atomic E-state index is -0.0413. The topological polar surface area (TPSA) is 52.1 Å². The van der Waals surface area contributed by atoms with Gasteiger partial charge in [0.1, 0.15) is 0 Å². The number of carbonyl (C=O) groups is 1. The van der Waals surface area contributed by atoms with Gasteiger partial charge in [0.2, 0.25) is 0 Å². The van der Waals surface area contributed by atoms with Crippen LogP contribution in [0.4, 0.5) is 0 Å². The van der Waals surface area contributed by atoms with E-state index >= 15 is 0 Å². The van der Waals surface area contributed by atoms with Gasteiger partial charge in [0.25, 0.3) is 0 Å². The third-order valence-electron chi connectivity index (χ3n) is 1.58. The molecule has 0 saturated heterocycles. The normalized spacial score (nSPS) is 15.2. The lowest BCUT2D eigenvalue weighted by Gasteiger charge is -2.13. The number of carbonyl (C=O) groups excluding carboxylic acids is 1. The first kappa shape index (κ1) is 7.49. The van der Waals surface area contributed by atoms with Gasteiger partial charge in [-0.1, -0.05) is 11.6 Å². The molecule has 0 saturated carbocycles. The summed E-state index contributed by atoms with van der Waals surface area (Å²) in [5.41, 5.74) is 0.283. The summed E-state index contributed by atoms with van der Waals surface area (Å²) in [4.78, 5) is 11.2. The molecule has 0 N–H and O–H groups in total. The van der Waals surface area contributed by atoms with Crippen LogP contribution in [0.5, 0.6) is 5.75 Å². The Morgan fingerprint density at radius 2 is 2.33 bits per heavy atom. The van der Waals surface area contributed by atoms with Gasteiger partial charge in [-0.2, -0.15) is 0 Å². The van der Waals surface area contributed by atoms with E-state index in [0.29, 0.717) is 18.8 Å². The highest BCUT2D eigenvalue weighted by molar-refractivity contribution is 6.29. The molecular weight excluding hydrogens is 180 g/mol. The van der Waals surface area contributed by atoms with Gasteiger partial charge in [-0.25, -0.2) is 0 Å². The first-order valence-electron chi connectivity index (χ1n) is 3.46. The fourth-order valence-electron chi connectivity index (χ4n) is 1.03. The van der Waals surface area contributed by atoms with Gasteiger partial charge in [0.05, 0.1) is 6.61 Å². The molecular formula is C7H5ClN2O2. The van der Waals surface area contributed by atoms with Crippen LogP contribution in [0.15, 0.2) is 6.07 Å². The van der Waals surface area contributed by atoms with E-state index in [9.17, 15) is 4.79 Å². The lowest BCUT2D eigenvalue weighted by molar-refractivity contribution is 0.0925. The van der Waals surface area contributed by atoms with Crippen molar-refractivity contribution in [3.8, 4) is 5.75 Å². The fourth-order valence-corrected chi connectivity index (χ4v) is 1.16. The van der Waals surface area contributed by atoms with E-state index in [2.05, 4.69) is 10.2 Å². The molecule has 5 heteroatoms. The molecule has 0 fully saturated rings. The summed E-state index contributed by atoms with van der Waals surface area (Å²) in [6.07, 6.45) is 0.364. The van der Waals surface area contributed by atoms with E-state index in [1.54, 1.807) is 0 Å². The Morgan fingerprint density at radius 3 is 3.17 bits per heavy atom. The van der Waals surface area contributed by atoms with Crippen molar-refractivity contribution in [1.82, 2.24) is 10.2 Å². The number of nitrogens with zero attached hydrogens (tertiary/aromatic N) is 2. The average Bonchev–Trinajstić information content (AvgIpc) is 2.04. The Labute approximate surface area is 73.5 Å². The summed E-state index contributed by atoms with van der Waals surface area (Å²) >= 11 is 5.56. The van der Waals surface area contributed by atoms with Crippen LogP contribution in [0.25, 0.3) is 0 Å². The van der Waals surface area contributed by atoms with Gasteiger partial charge < -0.3 is 4.74 Å². The molecule has 0 bridgehead atoms. The van der Waals surface area contributed by atoms with Gasteiger partial charge in [-0.15, -0.1) is 10.2 Å². The number of Topliss-reactive ketones (excluding diaryl/α,β-unsaturated/α-hetero) is 1. The zero-order chi connectivity index (χ0) is 8.55. The number of hydrogen-bond acceptors (Lipinski definition) is 4. The third-order valence-corrected chi connectivity index (χ3v) is 1.76. The highest BCUT2D eigenvalue weighted by Crippen LogP contribution is 2.23. The van der Waals surface area contributed by atoms with E-state index in [0.717, 1.165) is 0 Å². The van der Waals surface area contributed by atoms with Crippen molar-refractivity contribution >= 4 is 17.4 Å². The van der Waals surface area contributed by atoms with Crippen LogP contribution in [0.1, 0.15) is 16.9 Å². The highest BCUT2D eigenvalue weighted by atomic mass is 35.5. The number of rotatable bonds is 0. The van der Waals surface area contributed by atoms with Crippen molar-refractivity contribution < 1.29 is 9.53 Å². The maximum atomic E-state index is 11.2. The fraction of sp³-hybridized carbons (Fsp3) is 0.286. The maximum Gasteiger partial charge on any atom is 0.190 e. The standard InChI is InChI=1S/C7H5ClN2O2/c8-6-3-5-7(10-9-6)4(11)1-2-12-5/h3H,1-2H2. The number of ketones is 1. The van der Waals surface area contributed by atoms with Crippen LogP contribution >= 0.6 is 11.6 Å². The maximum absolute atomic E-state index is 11.2. The molecule has 62 valence electrons. The molecule has 1 aliphatic heterocycles. The van der Waals surface area contributed by atoms with E-state index in [4.69, 9.17) is 16.3 Å². The number of ether oxygens (including phenoxy) is 1. The SMILES string of the molecule is O=C1CCOc2cc(Cl)nnc21. The van der Waals surface area contributed by atoms with E-state index in [-0.39, 0.29) is 16.6 Å². The number of fused-ring (bicyclic) bond motifs is 1. The molecule has 2 heterocycles. The lowest BCUT2D eigenvalue weighted by atomic mass is 10.1. The minimum absolute atomic E-state index is 0.0413. The Kier molecular flexibility index (Phi) is 1.69. The van der Waals surface area contributed by atoms with Crippen LogP contribution in [0.2, 0.25) is 5.15 Å². The monoisotopic (exact) mass is 184 g/mol. The summed E-state index contributed by atoms with van der Waals surface area (Å²) in [5, 5.41) is 7.44. The second kappa shape index (κ2) is 2.71. The first-order valence-corrected chi connectivity index (χ1v) is 3.84. The van der Waals surface area contributed by atoms with Crippen LogP contribution in [0.3, 0.4) is 0 Å². The van der Waals surface area contributed by atoms with E-state index < -0.39 is 0 Å². The second-order valence-corrected chi connectivity index (χ2v) is 2.79. The summed E-state index contributed by atoms with van der Waals surface area (Å²) in [6.45, 7) is 0.397. The number of halogens is 1. The van der Waals surface area contributed by atoms with Crippen molar-refractivity contribution in [2.75, 3.05) is 6.61 Å². The summed E-state index contributed by atoms with van der Waals surface area (Å²) < 4.78 is 5.17. The van der Waals surface area contributed by atoms with Gasteiger partial charge in [0, 0.05) is 12.5 Å². The molecule has 0 unspecified atom stereocenters. The first-order chi connectivity index (χ1) is 5.77. The quantitative estimate of drug-likeness (QED) is 0.606. The average molecular weight is 185 g/mol. The molecule has 12 heavy (non-hydrogen) atoms. The zero-order valence-electron chi connectivity index (χ0n) is 6.08. The Balaban J connectivity index is 2.53. The molecule has 0 radical (unpaired) electrons. The van der Waals surface area contributed by atoms with Crippen molar-refractivity contribution in [3.05, 3.63) is 16.9 Å². The smallest absolute Gasteiger partial charge is 0.190 e. The Hall–Kier alpha value is -1.16. The van der Waals surface area contributed by atoms with Crippen molar-refractivity contribution in [2.45, 2.75) is 6.42 Å². The third kappa shape index (κ3) is 1.14.